The van der Waals surface area contributed by atoms with Crippen LogP contribution in [0.4, 0.5) is 0 Å². The Morgan fingerprint density at radius 2 is 2.22 bits per heavy atom. The van der Waals surface area contributed by atoms with Crippen LogP contribution < -0.4 is 0 Å². The summed E-state index contributed by atoms with van der Waals surface area (Å²) in [6.07, 6.45) is 8.08. The molecule has 2 unspecified atom stereocenters. The van der Waals surface area contributed by atoms with Crippen molar-refractivity contribution in [3.05, 3.63) is 12.2 Å². The minimum atomic E-state index is 0.313. The summed E-state index contributed by atoms with van der Waals surface area (Å²) in [5.41, 5.74) is 0. The topological polar surface area (TPSA) is 0 Å². The number of hydrogen-bond donors (Lipinski definition) is 0. The molecule has 52 valence electrons. The van der Waals surface area contributed by atoms with Gasteiger partial charge in [0.2, 0.25) is 0 Å². The van der Waals surface area contributed by atoms with Crippen molar-refractivity contribution < 1.29 is 0 Å². The van der Waals surface area contributed by atoms with Crippen LogP contribution in [0.15, 0.2) is 12.2 Å². The molecule has 1 heteroatoms. The summed E-state index contributed by atoms with van der Waals surface area (Å²) < 4.78 is 0. The first-order chi connectivity index (χ1) is 4.33. The second kappa shape index (κ2) is 3.26. The number of alkyl halides is 1. The van der Waals surface area contributed by atoms with Gasteiger partial charge in [0.25, 0.3) is 0 Å². The summed E-state index contributed by atoms with van der Waals surface area (Å²) in [5, 5.41) is 0.313. The molecular weight excluding hydrogens is 132 g/mol. The summed E-state index contributed by atoms with van der Waals surface area (Å²) in [5.74, 6) is 0.806. The van der Waals surface area contributed by atoms with E-state index in [2.05, 4.69) is 19.1 Å². The van der Waals surface area contributed by atoms with Gasteiger partial charge in [-0.05, 0) is 25.2 Å². The summed E-state index contributed by atoms with van der Waals surface area (Å²) in [4.78, 5) is 0. The summed E-state index contributed by atoms with van der Waals surface area (Å²) in [6, 6.07) is 0. The molecule has 0 aliphatic heterocycles. The van der Waals surface area contributed by atoms with Gasteiger partial charge in [0.05, 0.1) is 5.38 Å². The first-order valence-corrected chi connectivity index (χ1v) is 4.09. The zero-order valence-corrected chi connectivity index (χ0v) is 6.56. The van der Waals surface area contributed by atoms with Crippen molar-refractivity contribution in [3.8, 4) is 0 Å². The van der Waals surface area contributed by atoms with Crippen LogP contribution in [-0.2, 0) is 0 Å². The fourth-order valence-corrected chi connectivity index (χ4v) is 1.39. The average molecular weight is 145 g/mol. The van der Waals surface area contributed by atoms with Gasteiger partial charge in [-0.1, -0.05) is 19.1 Å². The fraction of sp³-hybridized carbons (Fsp3) is 0.750. The van der Waals surface area contributed by atoms with Crippen LogP contribution in [0, 0.1) is 5.92 Å². The van der Waals surface area contributed by atoms with E-state index in [4.69, 9.17) is 11.6 Å². The molecule has 1 rings (SSSR count). The van der Waals surface area contributed by atoms with Crippen molar-refractivity contribution in [1.82, 2.24) is 0 Å². The number of halogens is 1. The Kier molecular flexibility index (Phi) is 2.59. The van der Waals surface area contributed by atoms with Crippen LogP contribution in [0.3, 0.4) is 0 Å². The molecule has 0 heterocycles. The van der Waals surface area contributed by atoms with Crippen LogP contribution in [-0.4, -0.2) is 5.38 Å². The smallest absolute Gasteiger partial charge is 0.0516 e. The van der Waals surface area contributed by atoms with Crippen LogP contribution in [0.5, 0.6) is 0 Å². The lowest BCUT2D eigenvalue weighted by Crippen LogP contribution is -2.06. The molecule has 0 nitrogen and oxygen atoms in total. The van der Waals surface area contributed by atoms with Crippen molar-refractivity contribution in [1.29, 1.82) is 0 Å². The third-order valence-corrected chi connectivity index (χ3v) is 2.29. The SMILES string of the molecule is CCC1C=CC(Cl)CC1. The Labute approximate surface area is 61.9 Å². The minimum Gasteiger partial charge on any atom is -0.118 e. The standard InChI is InChI=1S/C8H13Cl/c1-2-7-3-5-8(9)6-4-7/h3,5,7-8H,2,4,6H2,1H3. The van der Waals surface area contributed by atoms with Crippen molar-refractivity contribution >= 4 is 11.6 Å². The van der Waals surface area contributed by atoms with E-state index in [0.717, 1.165) is 12.3 Å². The van der Waals surface area contributed by atoms with Crippen molar-refractivity contribution in [2.45, 2.75) is 31.6 Å². The normalized spacial score (nSPS) is 34.9. The maximum atomic E-state index is 5.85. The molecule has 0 aromatic rings. The van der Waals surface area contributed by atoms with Crippen molar-refractivity contribution in [3.63, 3.8) is 0 Å². The molecule has 0 radical (unpaired) electrons. The molecule has 1 aliphatic carbocycles. The molecule has 0 saturated carbocycles. The summed E-state index contributed by atoms with van der Waals surface area (Å²) in [6.45, 7) is 2.23. The van der Waals surface area contributed by atoms with E-state index in [-0.39, 0.29) is 0 Å². The van der Waals surface area contributed by atoms with E-state index in [9.17, 15) is 0 Å². The first-order valence-electron chi connectivity index (χ1n) is 3.65. The van der Waals surface area contributed by atoms with E-state index in [1.165, 1.54) is 12.8 Å². The fourth-order valence-electron chi connectivity index (χ4n) is 1.18. The number of rotatable bonds is 1. The van der Waals surface area contributed by atoms with Gasteiger partial charge in [0, 0.05) is 0 Å². The molecule has 0 bridgehead atoms. The molecule has 0 spiro atoms. The molecule has 0 fully saturated rings. The predicted octanol–water partition coefficient (Wildman–Crippen LogP) is 2.97. The van der Waals surface area contributed by atoms with Crippen LogP contribution in [0.25, 0.3) is 0 Å². The van der Waals surface area contributed by atoms with Crippen molar-refractivity contribution in [2.24, 2.45) is 5.92 Å². The highest BCUT2D eigenvalue weighted by Gasteiger charge is 2.10. The van der Waals surface area contributed by atoms with E-state index in [0.29, 0.717) is 5.38 Å². The summed E-state index contributed by atoms with van der Waals surface area (Å²) >= 11 is 5.85. The lowest BCUT2D eigenvalue weighted by atomic mass is 9.94. The van der Waals surface area contributed by atoms with Gasteiger partial charge in [0.1, 0.15) is 0 Å². The predicted molar refractivity (Wildman–Crippen MR) is 41.8 cm³/mol. The molecule has 0 amide bonds. The Morgan fingerprint density at radius 1 is 1.44 bits per heavy atom. The average Bonchev–Trinajstić information content (AvgIpc) is 1.90. The summed E-state index contributed by atoms with van der Waals surface area (Å²) in [7, 11) is 0. The van der Waals surface area contributed by atoms with Crippen LogP contribution in [0.1, 0.15) is 26.2 Å². The Hall–Kier alpha value is 0.0300. The van der Waals surface area contributed by atoms with Gasteiger partial charge >= 0.3 is 0 Å². The van der Waals surface area contributed by atoms with Gasteiger partial charge in [-0.25, -0.2) is 0 Å². The van der Waals surface area contributed by atoms with E-state index in [1.54, 1.807) is 0 Å². The molecule has 0 N–H and O–H groups in total. The third-order valence-electron chi connectivity index (χ3n) is 1.93. The molecule has 9 heavy (non-hydrogen) atoms. The van der Waals surface area contributed by atoms with Crippen molar-refractivity contribution in [2.75, 3.05) is 0 Å². The van der Waals surface area contributed by atoms with Gasteiger partial charge in [-0.2, -0.15) is 0 Å². The molecule has 0 saturated heterocycles. The highest BCUT2D eigenvalue weighted by atomic mass is 35.5. The van der Waals surface area contributed by atoms with Gasteiger partial charge in [-0.15, -0.1) is 11.6 Å². The quantitative estimate of drug-likeness (QED) is 0.392. The maximum Gasteiger partial charge on any atom is 0.0516 e. The van der Waals surface area contributed by atoms with E-state index >= 15 is 0 Å². The van der Waals surface area contributed by atoms with Gasteiger partial charge in [0.15, 0.2) is 0 Å². The Morgan fingerprint density at radius 3 is 2.67 bits per heavy atom. The zero-order valence-electron chi connectivity index (χ0n) is 5.81. The lowest BCUT2D eigenvalue weighted by molar-refractivity contribution is 0.529. The molecule has 0 aromatic heterocycles. The molecule has 0 aromatic carbocycles. The van der Waals surface area contributed by atoms with Crippen LogP contribution >= 0.6 is 11.6 Å². The number of allylic oxidation sites excluding steroid dienone is 2. The van der Waals surface area contributed by atoms with Gasteiger partial charge < -0.3 is 0 Å². The zero-order chi connectivity index (χ0) is 6.69. The monoisotopic (exact) mass is 144 g/mol. The maximum absolute atomic E-state index is 5.85. The first kappa shape index (κ1) is 7.14. The molecule has 2 atom stereocenters. The lowest BCUT2D eigenvalue weighted by Gasteiger charge is -2.16. The van der Waals surface area contributed by atoms with E-state index < -0.39 is 0 Å². The second-order valence-corrected chi connectivity index (χ2v) is 3.21. The number of hydrogen-bond acceptors (Lipinski definition) is 0. The molecule has 1 aliphatic rings. The van der Waals surface area contributed by atoms with Crippen LogP contribution in [0.2, 0.25) is 0 Å². The third kappa shape index (κ3) is 2.02. The molecular formula is C8H13Cl. The Balaban J connectivity index is 2.38. The highest BCUT2D eigenvalue weighted by Crippen LogP contribution is 2.22. The minimum absolute atomic E-state index is 0.313. The van der Waals surface area contributed by atoms with E-state index in [1.807, 2.05) is 0 Å². The Bertz CT molecular complexity index is 107. The second-order valence-electron chi connectivity index (χ2n) is 2.65. The van der Waals surface area contributed by atoms with Gasteiger partial charge in [-0.3, -0.25) is 0 Å². The highest BCUT2D eigenvalue weighted by molar-refractivity contribution is 6.21. The largest absolute Gasteiger partial charge is 0.118 e.